The maximum Gasteiger partial charge on any atom is 0.264 e. The van der Waals surface area contributed by atoms with Crippen molar-refractivity contribution < 1.29 is 27.4 Å². The zero-order chi connectivity index (χ0) is 34.8. The summed E-state index contributed by atoms with van der Waals surface area (Å²) in [5.41, 5.74) is 3.45. The fourth-order valence-electron chi connectivity index (χ4n) is 8.87. The Kier molecular flexibility index (Phi) is 11.3. The highest BCUT2D eigenvalue weighted by Gasteiger charge is 2.44. The molecule has 0 radical (unpaired) electrons. The van der Waals surface area contributed by atoms with Crippen molar-refractivity contribution in [2.24, 2.45) is 23.7 Å². The number of sulfonamides is 1. The SMILES string of the molecule is C[C@@H]1[C@@H](C)CCC[C@@H](C2OCC(N3CCCC3)CO2)[C@@H]2CC[C@H]2CN2CCCCc3cc(Cl)ccc3COc3ccc(cc32)C(=O)NS1(=O)=O. The molecule has 2 saturated heterocycles. The van der Waals surface area contributed by atoms with Crippen LogP contribution in [-0.4, -0.2) is 76.2 Å². The van der Waals surface area contributed by atoms with Crippen molar-refractivity contribution in [3.05, 3.63) is 58.1 Å². The molecule has 3 fully saturated rings. The van der Waals surface area contributed by atoms with E-state index in [2.05, 4.69) is 14.5 Å². The fourth-order valence-corrected chi connectivity index (χ4v) is 10.4. The number of rotatable bonds is 2. The van der Waals surface area contributed by atoms with Crippen molar-refractivity contribution in [1.29, 1.82) is 0 Å². The van der Waals surface area contributed by atoms with Crippen LogP contribution in [0.3, 0.4) is 0 Å². The van der Waals surface area contributed by atoms with Gasteiger partial charge in [-0.05, 0) is 137 Å². The predicted octanol–water partition coefficient (Wildman–Crippen LogP) is 6.81. The summed E-state index contributed by atoms with van der Waals surface area (Å²) < 4.78 is 49.1. The molecule has 0 spiro atoms. The summed E-state index contributed by atoms with van der Waals surface area (Å²) in [6.45, 7) is 9.36. The number of anilines is 1. The summed E-state index contributed by atoms with van der Waals surface area (Å²) in [6.07, 6.45) is 9.93. The minimum Gasteiger partial charge on any atom is -0.487 e. The number of hydrogen-bond donors (Lipinski definition) is 1. The van der Waals surface area contributed by atoms with E-state index in [0.29, 0.717) is 49.0 Å². The number of nitrogens with one attached hydrogen (secondary N) is 1. The van der Waals surface area contributed by atoms with Crippen molar-refractivity contribution in [1.82, 2.24) is 9.62 Å². The van der Waals surface area contributed by atoms with Gasteiger partial charge in [0.05, 0.1) is 30.2 Å². The molecule has 1 saturated carbocycles. The van der Waals surface area contributed by atoms with Gasteiger partial charge in [0, 0.05) is 29.6 Å². The zero-order valence-electron chi connectivity index (χ0n) is 29.7. The van der Waals surface area contributed by atoms with E-state index in [1.165, 1.54) is 18.4 Å². The van der Waals surface area contributed by atoms with Gasteiger partial charge in [-0.25, -0.2) is 13.1 Å². The Morgan fingerprint density at radius 1 is 0.840 bits per heavy atom. The number of ether oxygens (including phenoxy) is 3. The number of carbonyl (C=O) groups is 1. The number of likely N-dealkylation sites (tertiary alicyclic amines) is 1. The molecule has 274 valence electrons. The van der Waals surface area contributed by atoms with Crippen molar-refractivity contribution in [3.63, 3.8) is 0 Å². The van der Waals surface area contributed by atoms with Crippen LogP contribution < -0.4 is 14.4 Å². The number of halogens is 1. The Morgan fingerprint density at radius 3 is 2.38 bits per heavy atom. The standard InChI is InChI=1S/C39H54ClN3O6S/c1-26-8-7-10-35(39-48-24-33(25-49-39)42-17-5-6-18-42)34-15-12-30(34)22-43-19-4-3-9-28-20-32(40)14-11-31(28)23-47-37-16-13-29(21-36(37)43)38(44)41-50(45,46)27(26)2/h11,13-14,16,20-21,26-27,30,33-35,39H,3-10,12,15,17-19,22-25H2,1-2H3,(H,41,44)/t26-,27+,30-,33?,34+,35+,39?/m0/s1. The molecule has 0 unspecified atom stereocenters. The van der Waals surface area contributed by atoms with Gasteiger partial charge in [0.1, 0.15) is 12.4 Å². The van der Waals surface area contributed by atoms with E-state index in [4.69, 9.17) is 25.8 Å². The average Bonchev–Trinajstić information content (AvgIpc) is 3.63. The van der Waals surface area contributed by atoms with Crippen LogP contribution >= 0.6 is 11.6 Å². The minimum absolute atomic E-state index is 0.118. The number of hydrogen-bond acceptors (Lipinski definition) is 8. The van der Waals surface area contributed by atoms with Gasteiger partial charge in [0.2, 0.25) is 10.0 Å². The van der Waals surface area contributed by atoms with E-state index in [1.807, 2.05) is 37.3 Å². The molecule has 2 aromatic carbocycles. The third-order valence-corrected chi connectivity index (χ3v) is 14.5. The lowest BCUT2D eigenvalue weighted by Crippen LogP contribution is -2.51. The second-order valence-corrected chi connectivity index (χ2v) is 17.9. The van der Waals surface area contributed by atoms with E-state index in [-0.39, 0.29) is 18.1 Å². The highest BCUT2D eigenvalue weighted by atomic mass is 35.5. The Bertz CT molecular complexity index is 1610. The molecule has 5 aliphatic rings. The molecule has 4 heterocycles. The minimum atomic E-state index is -3.90. The van der Waals surface area contributed by atoms with Crippen LogP contribution in [0.15, 0.2) is 36.4 Å². The highest BCUT2D eigenvalue weighted by Crippen LogP contribution is 2.46. The van der Waals surface area contributed by atoms with Crippen molar-refractivity contribution in [2.45, 2.75) is 102 Å². The van der Waals surface area contributed by atoms with Crippen molar-refractivity contribution >= 4 is 33.2 Å². The monoisotopic (exact) mass is 727 g/mol. The smallest absolute Gasteiger partial charge is 0.264 e. The summed E-state index contributed by atoms with van der Waals surface area (Å²) in [5, 5.41) is 0.00779. The summed E-state index contributed by atoms with van der Waals surface area (Å²) in [7, 11) is -3.90. The Morgan fingerprint density at radius 2 is 1.62 bits per heavy atom. The molecular formula is C39H54ClN3O6S. The Hall–Kier alpha value is -2.37. The van der Waals surface area contributed by atoms with Crippen LogP contribution in [0.2, 0.25) is 5.02 Å². The maximum atomic E-state index is 13.6. The van der Waals surface area contributed by atoms with Crippen LogP contribution in [-0.2, 0) is 32.5 Å². The molecule has 0 aromatic heterocycles. The van der Waals surface area contributed by atoms with Crippen molar-refractivity contribution in [3.8, 4) is 5.75 Å². The molecule has 1 aliphatic carbocycles. The molecule has 11 heteroatoms. The van der Waals surface area contributed by atoms with E-state index < -0.39 is 21.2 Å². The summed E-state index contributed by atoms with van der Waals surface area (Å²) in [4.78, 5) is 18.5. The Labute approximate surface area is 303 Å². The molecule has 2 aromatic rings. The number of amides is 1. The zero-order valence-corrected chi connectivity index (χ0v) is 31.2. The second-order valence-electron chi connectivity index (χ2n) is 15.5. The lowest BCUT2D eigenvalue weighted by atomic mass is 9.65. The summed E-state index contributed by atoms with van der Waals surface area (Å²) in [6, 6.07) is 11.6. The lowest BCUT2D eigenvalue weighted by molar-refractivity contribution is -0.242. The molecule has 5 atom stereocenters. The van der Waals surface area contributed by atoms with Gasteiger partial charge in [-0.2, -0.15) is 0 Å². The molecule has 1 amide bonds. The second kappa shape index (κ2) is 15.7. The average molecular weight is 728 g/mol. The van der Waals surface area contributed by atoms with Gasteiger partial charge in [0.25, 0.3) is 5.91 Å². The van der Waals surface area contributed by atoms with E-state index in [0.717, 1.165) is 93.8 Å². The number of fused-ring (bicyclic) bond motifs is 3. The van der Waals surface area contributed by atoms with Gasteiger partial charge in [-0.3, -0.25) is 9.69 Å². The molecule has 1 N–H and O–H groups in total. The summed E-state index contributed by atoms with van der Waals surface area (Å²) >= 11 is 6.39. The molecular weight excluding hydrogens is 674 g/mol. The number of nitrogens with zero attached hydrogens (tertiary/aromatic N) is 2. The summed E-state index contributed by atoms with van der Waals surface area (Å²) in [5.74, 6) is 1.09. The number of benzene rings is 2. The topological polar surface area (TPSA) is 97.4 Å². The van der Waals surface area contributed by atoms with Crippen LogP contribution in [0, 0.1) is 23.7 Å². The third-order valence-electron chi connectivity index (χ3n) is 12.4. The predicted molar refractivity (Wildman–Crippen MR) is 196 cm³/mol. The molecule has 50 heavy (non-hydrogen) atoms. The van der Waals surface area contributed by atoms with Gasteiger partial charge >= 0.3 is 0 Å². The van der Waals surface area contributed by atoms with E-state index in [9.17, 15) is 13.2 Å². The molecule has 2 bridgehead atoms. The van der Waals surface area contributed by atoms with Crippen LogP contribution in [0.4, 0.5) is 5.69 Å². The normalized spacial score (nSPS) is 32.7. The number of aryl methyl sites for hydroxylation is 1. The van der Waals surface area contributed by atoms with Crippen molar-refractivity contribution in [2.75, 3.05) is 44.3 Å². The Balaban J connectivity index is 1.20. The third kappa shape index (κ3) is 7.99. The first kappa shape index (κ1) is 36.0. The number of carbonyl (C=O) groups excluding carboxylic acids is 1. The molecule has 4 aliphatic heterocycles. The molecule has 9 nitrogen and oxygen atoms in total. The first-order valence-electron chi connectivity index (χ1n) is 19.0. The van der Waals surface area contributed by atoms with E-state index >= 15 is 0 Å². The van der Waals surface area contributed by atoms with Crippen LogP contribution in [0.25, 0.3) is 0 Å². The van der Waals surface area contributed by atoms with Gasteiger partial charge in [-0.1, -0.05) is 31.0 Å². The van der Waals surface area contributed by atoms with Crippen LogP contribution in [0.1, 0.15) is 93.1 Å². The van der Waals surface area contributed by atoms with Gasteiger partial charge < -0.3 is 19.1 Å². The van der Waals surface area contributed by atoms with Gasteiger partial charge in [-0.15, -0.1) is 0 Å². The largest absolute Gasteiger partial charge is 0.487 e. The van der Waals surface area contributed by atoms with Crippen LogP contribution in [0.5, 0.6) is 5.75 Å². The lowest BCUT2D eigenvalue weighted by Gasteiger charge is -2.48. The highest BCUT2D eigenvalue weighted by molar-refractivity contribution is 7.90. The quantitative estimate of drug-likeness (QED) is 0.361. The maximum absolute atomic E-state index is 13.6. The van der Waals surface area contributed by atoms with E-state index in [1.54, 1.807) is 13.0 Å². The van der Waals surface area contributed by atoms with Gasteiger partial charge in [0.15, 0.2) is 6.29 Å². The first-order chi connectivity index (χ1) is 24.2. The molecule has 7 rings (SSSR count). The first-order valence-corrected chi connectivity index (χ1v) is 20.9. The fraction of sp³-hybridized carbons (Fsp3) is 0.667.